The Morgan fingerprint density at radius 2 is 1.86 bits per heavy atom. The molecule has 7 heteroatoms. The minimum Gasteiger partial charge on any atom is -0.264 e. The monoisotopic (exact) mass is 193 g/mol. The summed E-state index contributed by atoms with van der Waals surface area (Å²) in [6.07, 6.45) is 0. The molecule has 14 heavy (non-hydrogen) atoms. The number of aromatic amines is 1. The molecule has 72 valence electrons. The van der Waals surface area contributed by atoms with Crippen LogP contribution in [0.4, 0.5) is 5.69 Å². The van der Waals surface area contributed by atoms with E-state index in [-0.39, 0.29) is 10.9 Å². The van der Waals surface area contributed by atoms with Crippen molar-refractivity contribution in [3.8, 4) is 11.4 Å². The lowest BCUT2D eigenvalue weighted by atomic mass is 10.2. The minimum atomic E-state index is 0.0417. The van der Waals surface area contributed by atoms with Crippen LogP contribution in [-0.4, -0.2) is 31.0 Å². The Morgan fingerprint density at radius 3 is 2.36 bits per heavy atom. The van der Waals surface area contributed by atoms with E-state index in [9.17, 15) is 0 Å². The molecule has 0 radical (unpaired) electrons. The topological polar surface area (TPSA) is 98.2 Å². The van der Waals surface area contributed by atoms with Crippen molar-refractivity contribution in [3.05, 3.63) is 24.3 Å². The molecule has 1 heterocycles. The zero-order valence-corrected chi connectivity index (χ0v) is 6.99. The van der Waals surface area contributed by atoms with Gasteiger partial charge < -0.3 is 0 Å². The molecule has 0 atom stereocenters. The average molecular weight is 193 g/mol. The smallest absolute Gasteiger partial charge is 0.204 e. The van der Waals surface area contributed by atoms with E-state index >= 15 is 0 Å². The van der Waals surface area contributed by atoms with Crippen LogP contribution in [0.15, 0.2) is 24.3 Å². The van der Waals surface area contributed by atoms with E-state index < -0.39 is 0 Å². The SMILES string of the molecule is ON(O)c1ccc(-c2nn[nH]n2)cc1. The van der Waals surface area contributed by atoms with Gasteiger partial charge in [0.05, 0.1) is 5.69 Å². The van der Waals surface area contributed by atoms with Gasteiger partial charge in [0.2, 0.25) is 5.82 Å². The van der Waals surface area contributed by atoms with E-state index in [1.54, 1.807) is 12.1 Å². The van der Waals surface area contributed by atoms with Crippen molar-refractivity contribution in [2.24, 2.45) is 0 Å². The van der Waals surface area contributed by atoms with Gasteiger partial charge in [-0.3, -0.25) is 10.4 Å². The molecule has 0 aliphatic heterocycles. The Hall–Kier alpha value is -1.99. The third-order valence-electron chi connectivity index (χ3n) is 1.70. The number of rotatable bonds is 2. The van der Waals surface area contributed by atoms with Crippen LogP contribution in [0, 0.1) is 0 Å². The Labute approximate surface area is 78.5 Å². The fraction of sp³-hybridized carbons (Fsp3) is 0. The standard InChI is InChI=1S/C7H7N5O2/c13-12(14)6-3-1-5(2-4-6)7-8-10-11-9-7/h1-4,13-14H,(H,8,9,10,11). The van der Waals surface area contributed by atoms with E-state index in [0.29, 0.717) is 5.82 Å². The van der Waals surface area contributed by atoms with Gasteiger partial charge in [0.1, 0.15) is 0 Å². The van der Waals surface area contributed by atoms with Crippen LogP contribution in [0.3, 0.4) is 0 Å². The van der Waals surface area contributed by atoms with Crippen LogP contribution >= 0.6 is 0 Å². The van der Waals surface area contributed by atoms with Gasteiger partial charge >= 0.3 is 0 Å². The predicted octanol–water partition coefficient (Wildman–Crippen LogP) is 0.451. The van der Waals surface area contributed by atoms with E-state index in [1.165, 1.54) is 12.1 Å². The molecular formula is C7H7N5O2. The maximum absolute atomic E-state index is 8.68. The summed E-state index contributed by atoms with van der Waals surface area (Å²) in [5.41, 5.74) is 1.00. The number of hydrogen-bond acceptors (Lipinski definition) is 6. The van der Waals surface area contributed by atoms with Crippen LogP contribution in [0.25, 0.3) is 11.4 Å². The molecule has 0 amide bonds. The fourth-order valence-corrected chi connectivity index (χ4v) is 1.03. The van der Waals surface area contributed by atoms with Crippen molar-refractivity contribution in [1.29, 1.82) is 0 Å². The van der Waals surface area contributed by atoms with Crippen LogP contribution in [0.1, 0.15) is 0 Å². The van der Waals surface area contributed by atoms with Crippen molar-refractivity contribution < 1.29 is 10.4 Å². The summed E-state index contributed by atoms with van der Waals surface area (Å²) >= 11 is 0. The normalized spacial score (nSPS) is 10.1. The Balaban J connectivity index is 2.31. The summed E-state index contributed by atoms with van der Waals surface area (Å²) in [6.45, 7) is 0. The van der Waals surface area contributed by atoms with Crippen LogP contribution in [0.5, 0.6) is 0 Å². The van der Waals surface area contributed by atoms with Gasteiger partial charge in [0.25, 0.3) is 0 Å². The van der Waals surface area contributed by atoms with Gasteiger partial charge in [-0.05, 0) is 29.5 Å². The number of H-pyrrole nitrogens is 1. The predicted molar refractivity (Wildman–Crippen MR) is 45.7 cm³/mol. The molecule has 0 bridgehead atoms. The molecular weight excluding hydrogens is 186 g/mol. The van der Waals surface area contributed by atoms with Crippen molar-refractivity contribution in [2.75, 3.05) is 5.23 Å². The first kappa shape index (κ1) is 8.60. The second kappa shape index (κ2) is 3.40. The second-order valence-electron chi connectivity index (χ2n) is 2.57. The molecule has 0 unspecified atom stereocenters. The number of benzene rings is 1. The highest BCUT2D eigenvalue weighted by molar-refractivity contribution is 5.58. The quantitative estimate of drug-likeness (QED) is 0.599. The molecule has 1 aromatic heterocycles. The summed E-state index contributed by atoms with van der Waals surface area (Å²) < 4.78 is 0. The lowest BCUT2D eigenvalue weighted by Gasteiger charge is -2.06. The van der Waals surface area contributed by atoms with Crippen molar-refractivity contribution >= 4 is 5.69 Å². The first-order valence-corrected chi connectivity index (χ1v) is 3.79. The van der Waals surface area contributed by atoms with Gasteiger partial charge in [-0.15, -0.1) is 15.4 Å². The summed E-state index contributed by atoms with van der Waals surface area (Å²) in [5, 5.41) is 30.7. The number of aromatic nitrogens is 4. The highest BCUT2D eigenvalue weighted by atomic mass is 16.8. The van der Waals surface area contributed by atoms with E-state index in [2.05, 4.69) is 20.6 Å². The summed E-state index contributed by atoms with van der Waals surface area (Å²) in [5.74, 6) is 0.457. The van der Waals surface area contributed by atoms with Crippen LogP contribution < -0.4 is 5.23 Å². The van der Waals surface area contributed by atoms with Gasteiger partial charge in [-0.2, -0.15) is 5.21 Å². The van der Waals surface area contributed by atoms with Crippen molar-refractivity contribution in [1.82, 2.24) is 20.6 Å². The molecule has 0 aliphatic rings. The number of hydrogen-bond donors (Lipinski definition) is 3. The third-order valence-corrected chi connectivity index (χ3v) is 1.70. The second-order valence-corrected chi connectivity index (χ2v) is 2.57. The van der Waals surface area contributed by atoms with E-state index in [0.717, 1.165) is 5.56 Å². The molecule has 0 fully saturated rings. The molecule has 2 rings (SSSR count). The highest BCUT2D eigenvalue weighted by Crippen LogP contribution is 2.17. The van der Waals surface area contributed by atoms with Gasteiger partial charge in [0, 0.05) is 5.56 Å². The number of nitrogens with one attached hydrogen (secondary N) is 1. The molecule has 0 saturated heterocycles. The lowest BCUT2D eigenvalue weighted by Crippen LogP contribution is -2.10. The van der Waals surface area contributed by atoms with Crippen LogP contribution in [0.2, 0.25) is 0 Å². The zero-order chi connectivity index (χ0) is 9.97. The fourth-order valence-electron chi connectivity index (χ4n) is 1.03. The first-order valence-electron chi connectivity index (χ1n) is 3.79. The number of anilines is 1. The van der Waals surface area contributed by atoms with Gasteiger partial charge in [0.15, 0.2) is 0 Å². The summed E-state index contributed by atoms with van der Waals surface area (Å²) in [7, 11) is 0. The maximum atomic E-state index is 8.68. The minimum absolute atomic E-state index is 0.0417. The summed E-state index contributed by atoms with van der Waals surface area (Å²) in [6, 6.07) is 6.34. The molecule has 7 nitrogen and oxygen atoms in total. The van der Waals surface area contributed by atoms with Gasteiger partial charge in [-0.25, -0.2) is 0 Å². The Bertz CT molecular complexity index is 397. The molecule has 2 aromatic rings. The van der Waals surface area contributed by atoms with Crippen molar-refractivity contribution in [3.63, 3.8) is 0 Å². The average Bonchev–Trinajstić information content (AvgIpc) is 2.71. The molecule has 0 aliphatic carbocycles. The molecule has 1 aromatic carbocycles. The highest BCUT2D eigenvalue weighted by Gasteiger charge is 2.03. The molecule has 0 saturated carbocycles. The molecule has 3 N–H and O–H groups in total. The Kier molecular flexibility index (Phi) is 2.09. The van der Waals surface area contributed by atoms with Gasteiger partial charge in [-0.1, -0.05) is 0 Å². The molecule has 0 spiro atoms. The number of tetrazole rings is 1. The largest absolute Gasteiger partial charge is 0.264 e. The van der Waals surface area contributed by atoms with Crippen LogP contribution in [-0.2, 0) is 0 Å². The number of nitrogens with zero attached hydrogens (tertiary/aromatic N) is 4. The third kappa shape index (κ3) is 1.53. The van der Waals surface area contributed by atoms with Crippen molar-refractivity contribution in [2.45, 2.75) is 0 Å². The van der Waals surface area contributed by atoms with E-state index in [1.807, 2.05) is 0 Å². The summed E-state index contributed by atoms with van der Waals surface area (Å²) in [4.78, 5) is 0. The van der Waals surface area contributed by atoms with E-state index in [4.69, 9.17) is 10.4 Å². The maximum Gasteiger partial charge on any atom is 0.204 e. The first-order chi connectivity index (χ1) is 6.77. The lowest BCUT2D eigenvalue weighted by molar-refractivity contribution is 0.0292. The Morgan fingerprint density at radius 1 is 1.14 bits per heavy atom. The zero-order valence-electron chi connectivity index (χ0n) is 6.99.